The van der Waals surface area contributed by atoms with Crippen molar-refractivity contribution in [1.29, 1.82) is 0 Å². The van der Waals surface area contributed by atoms with Crippen LogP contribution in [0.1, 0.15) is 19.2 Å². The predicted molar refractivity (Wildman–Crippen MR) is 82.9 cm³/mol. The number of benzene rings is 1. The molecule has 0 spiro atoms. The number of rotatable bonds is 5. The number of nitrogens with one attached hydrogen (secondary N) is 1. The van der Waals surface area contributed by atoms with Gasteiger partial charge in [0.05, 0.1) is 13.0 Å². The highest BCUT2D eigenvalue weighted by molar-refractivity contribution is 5.76. The van der Waals surface area contributed by atoms with Gasteiger partial charge >= 0.3 is 0 Å². The molecule has 0 unspecified atom stereocenters. The van der Waals surface area contributed by atoms with Gasteiger partial charge in [0.25, 0.3) is 0 Å². The SMILES string of the molecule is CCc1nc2cc(OCCC(=O)N3CCNCC3)ccc2o1. The number of hydrogen-bond donors (Lipinski definition) is 1. The van der Waals surface area contributed by atoms with E-state index >= 15 is 0 Å². The lowest BCUT2D eigenvalue weighted by atomic mass is 10.3. The Balaban J connectivity index is 1.53. The molecule has 22 heavy (non-hydrogen) atoms. The van der Waals surface area contributed by atoms with Crippen molar-refractivity contribution in [3.8, 4) is 5.75 Å². The summed E-state index contributed by atoms with van der Waals surface area (Å²) < 4.78 is 11.2. The third-order valence-electron chi connectivity index (χ3n) is 3.76. The number of oxazole rings is 1. The first-order chi connectivity index (χ1) is 10.8. The van der Waals surface area contributed by atoms with E-state index in [0.717, 1.165) is 55.3 Å². The van der Waals surface area contributed by atoms with Gasteiger partial charge in [-0.3, -0.25) is 4.79 Å². The second kappa shape index (κ2) is 6.79. The second-order valence-corrected chi connectivity index (χ2v) is 5.32. The van der Waals surface area contributed by atoms with Crippen molar-refractivity contribution < 1.29 is 13.9 Å². The monoisotopic (exact) mass is 303 g/mol. The molecule has 6 nitrogen and oxygen atoms in total. The van der Waals surface area contributed by atoms with Crippen molar-refractivity contribution in [2.24, 2.45) is 0 Å². The molecule has 2 aromatic rings. The smallest absolute Gasteiger partial charge is 0.226 e. The van der Waals surface area contributed by atoms with E-state index in [2.05, 4.69) is 10.3 Å². The van der Waals surface area contributed by atoms with Crippen molar-refractivity contribution in [2.45, 2.75) is 19.8 Å². The van der Waals surface area contributed by atoms with Gasteiger partial charge in [0.2, 0.25) is 5.91 Å². The Labute approximate surface area is 129 Å². The molecule has 1 fully saturated rings. The lowest BCUT2D eigenvalue weighted by molar-refractivity contribution is -0.132. The number of hydrogen-bond acceptors (Lipinski definition) is 5. The Kier molecular flexibility index (Phi) is 4.58. The topological polar surface area (TPSA) is 67.6 Å². The van der Waals surface area contributed by atoms with Crippen LogP contribution in [0, 0.1) is 0 Å². The van der Waals surface area contributed by atoms with Crippen LogP contribution in [-0.4, -0.2) is 48.6 Å². The van der Waals surface area contributed by atoms with Crippen LogP contribution >= 0.6 is 0 Å². The molecule has 3 rings (SSSR count). The summed E-state index contributed by atoms with van der Waals surface area (Å²) in [6, 6.07) is 5.56. The maximum atomic E-state index is 12.0. The number of carbonyl (C=O) groups is 1. The van der Waals surface area contributed by atoms with Crippen LogP contribution in [0.15, 0.2) is 22.6 Å². The number of aromatic nitrogens is 1. The first kappa shape index (κ1) is 14.8. The van der Waals surface area contributed by atoms with E-state index in [1.165, 1.54) is 0 Å². The summed E-state index contributed by atoms with van der Waals surface area (Å²) in [5, 5.41) is 3.23. The number of piperazine rings is 1. The molecule has 0 atom stereocenters. The first-order valence-electron chi connectivity index (χ1n) is 7.77. The number of nitrogens with zero attached hydrogens (tertiary/aromatic N) is 2. The Morgan fingerprint density at radius 1 is 1.41 bits per heavy atom. The fraction of sp³-hybridized carbons (Fsp3) is 0.500. The molecule has 6 heteroatoms. The van der Waals surface area contributed by atoms with Crippen molar-refractivity contribution >= 4 is 17.0 Å². The lowest BCUT2D eigenvalue weighted by Gasteiger charge is -2.27. The molecule has 118 valence electrons. The van der Waals surface area contributed by atoms with E-state index in [-0.39, 0.29) is 5.91 Å². The average molecular weight is 303 g/mol. The van der Waals surface area contributed by atoms with E-state index in [1.807, 2.05) is 30.0 Å². The van der Waals surface area contributed by atoms with E-state index < -0.39 is 0 Å². The van der Waals surface area contributed by atoms with Gasteiger partial charge in [0.1, 0.15) is 11.3 Å². The quantitative estimate of drug-likeness (QED) is 0.908. The van der Waals surface area contributed by atoms with Crippen LogP contribution in [0.4, 0.5) is 0 Å². The van der Waals surface area contributed by atoms with Gasteiger partial charge < -0.3 is 19.4 Å². The number of aryl methyl sites for hydroxylation is 1. The number of amides is 1. The molecule has 0 bridgehead atoms. The molecule has 1 amide bonds. The van der Waals surface area contributed by atoms with E-state index in [9.17, 15) is 4.79 Å². The molecule has 1 aliphatic rings. The summed E-state index contributed by atoms with van der Waals surface area (Å²) in [5.41, 5.74) is 1.56. The molecule has 1 aromatic heterocycles. The fourth-order valence-corrected chi connectivity index (χ4v) is 2.52. The zero-order valence-corrected chi connectivity index (χ0v) is 12.8. The molecule has 1 N–H and O–H groups in total. The van der Waals surface area contributed by atoms with Crippen molar-refractivity contribution in [3.63, 3.8) is 0 Å². The molecule has 0 radical (unpaired) electrons. The summed E-state index contributed by atoms with van der Waals surface area (Å²) in [5.74, 6) is 1.59. The van der Waals surface area contributed by atoms with Crippen LogP contribution in [0.2, 0.25) is 0 Å². The summed E-state index contributed by atoms with van der Waals surface area (Å²) >= 11 is 0. The highest BCUT2D eigenvalue weighted by Gasteiger charge is 2.15. The van der Waals surface area contributed by atoms with Gasteiger partial charge in [-0.15, -0.1) is 0 Å². The number of ether oxygens (including phenoxy) is 1. The van der Waals surface area contributed by atoms with Crippen molar-refractivity contribution in [1.82, 2.24) is 15.2 Å². The molecular formula is C16H21N3O3. The highest BCUT2D eigenvalue weighted by atomic mass is 16.5. The van der Waals surface area contributed by atoms with Gasteiger partial charge in [0.15, 0.2) is 11.5 Å². The normalized spacial score (nSPS) is 15.2. The summed E-state index contributed by atoms with van der Waals surface area (Å²) in [4.78, 5) is 18.3. The van der Waals surface area contributed by atoms with E-state index in [0.29, 0.717) is 13.0 Å². The zero-order valence-electron chi connectivity index (χ0n) is 12.8. The largest absolute Gasteiger partial charge is 0.493 e. The summed E-state index contributed by atoms with van der Waals surface area (Å²) in [6.45, 7) is 5.69. The van der Waals surface area contributed by atoms with Crippen LogP contribution in [0.25, 0.3) is 11.1 Å². The Hall–Kier alpha value is -2.08. The molecule has 2 heterocycles. The zero-order chi connectivity index (χ0) is 15.4. The second-order valence-electron chi connectivity index (χ2n) is 5.32. The van der Waals surface area contributed by atoms with Crippen LogP contribution in [0.3, 0.4) is 0 Å². The minimum absolute atomic E-state index is 0.150. The van der Waals surface area contributed by atoms with Crippen LogP contribution in [0.5, 0.6) is 5.75 Å². The van der Waals surface area contributed by atoms with Crippen molar-refractivity contribution in [2.75, 3.05) is 32.8 Å². The van der Waals surface area contributed by atoms with Gasteiger partial charge in [-0.25, -0.2) is 4.98 Å². The van der Waals surface area contributed by atoms with Crippen LogP contribution < -0.4 is 10.1 Å². The lowest BCUT2D eigenvalue weighted by Crippen LogP contribution is -2.46. The van der Waals surface area contributed by atoms with Gasteiger partial charge in [0, 0.05) is 38.7 Å². The predicted octanol–water partition coefficient (Wildman–Crippen LogP) is 1.59. The first-order valence-corrected chi connectivity index (χ1v) is 7.77. The van der Waals surface area contributed by atoms with Gasteiger partial charge in [-0.2, -0.15) is 0 Å². The molecular weight excluding hydrogens is 282 g/mol. The van der Waals surface area contributed by atoms with Gasteiger partial charge in [-0.1, -0.05) is 6.92 Å². The number of fused-ring (bicyclic) bond motifs is 1. The van der Waals surface area contributed by atoms with Gasteiger partial charge in [-0.05, 0) is 12.1 Å². The van der Waals surface area contributed by atoms with Crippen LogP contribution in [-0.2, 0) is 11.2 Å². The number of carbonyl (C=O) groups excluding carboxylic acids is 1. The molecule has 1 aromatic carbocycles. The summed E-state index contributed by atoms with van der Waals surface area (Å²) in [7, 11) is 0. The Morgan fingerprint density at radius 2 is 2.23 bits per heavy atom. The third-order valence-corrected chi connectivity index (χ3v) is 3.76. The third kappa shape index (κ3) is 3.39. The maximum absolute atomic E-state index is 12.0. The minimum atomic E-state index is 0.150. The fourth-order valence-electron chi connectivity index (χ4n) is 2.52. The Bertz CT molecular complexity index is 647. The molecule has 1 aliphatic heterocycles. The van der Waals surface area contributed by atoms with Crippen molar-refractivity contribution in [3.05, 3.63) is 24.1 Å². The molecule has 1 saturated heterocycles. The molecule has 0 aliphatic carbocycles. The highest BCUT2D eigenvalue weighted by Crippen LogP contribution is 2.21. The van der Waals surface area contributed by atoms with E-state index in [1.54, 1.807) is 0 Å². The average Bonchev–Trinajstić information content (AvgIpc) is 2.98. The Morgan fingerprint density at radius 3 is 3.00 bits per heavy atom. The summed E-state index contributed by atoms with van der Waals surface area (Å²) in [6.07, 6.45) is 1.17. The maximum Gasteiger partial charge on any atom is 0.226 e. The van der Waals surface area contributed by atoms with E-state index in [4.69, 9.17) is 9.15 Å². The minimum Gasteiger partial charge on any atom is -0.493 e. The molecule has 0 saturated carbocycles. The standard InChI is InChI=1S/C16H21N3O3/c1-2-15-18-13-11-12(3-4-14(13)22-15)21-10-5-16(20)19-8-6-17-7-9-19/h3-4,11,17H,2,5-10H2,1H3.